The molecule has 4 N–H and O–H groups in total. The Morgan fingerprint density at radius 3 is 2.57 bits per heavy atom. The van der Waals surface area contributed by atoms with Gasteiger partial charge in [0.2, 0.25) is 0 Å². The predicted octanol–water partition coefficient (Wildman–Crippen LogP) is 1.10. The van der Waals surface area contributed by atoms with Crippen LogP contribution in [-0.2, 0) is 0 Å². The number of carbonyl (C=O) groups excluding carboxylic acids is 1. The van der Waals surface area contributed by atoms with Crippen LogP contribution in [0, 0.1) is 0 Å². The van der Waals surface area contributed by atoms with Crippen molar-refractivity contribution < 1.29 is 15.0 Å². The molecule has 0 aliphatic heterocycles. The number of aliphatic hydroxyl groups is 2. The highest BCUT2D eigenvalue weighted by Gasteiger charge is 2.06. The summed E-state index contributed by atoms with van der Waals surface area (Å²) < 4.78 is 0. The fraction of sp³-hybridized carbons (Fsp3) is 0.200. The molecule has 1 unspecified atom stereocenters. The first-order chi connectivity index (χ1) is 10.2. The van der Waals surface area contributed by atoms with Crippen molar-refractivity contribution in [2.45, 2.75) is 6.10 Å². The van der Waals surface area contributed by atoms with E-state index in [1.165, 1.54) is 0 Å². The summed E-state index contributed by atoms with van der Waals surface area (Å²) in [5.74, 6) is -0.218. The van der Waals surface area contributed by atoms with Crippen LogP contribution in [-0.4, -0.2) is 40.4 Å². The number of amides is 1. The molecule has 1 aromatic carbocycles. The van der Waals surface area contributed by atoms with Gasteiger partial charge in [-0.15, -0.1) is 0 Å². The normalized spacial score (nSPS) is 11.7. The number of pyridine rings is 1. The molecule has 1 atom stereocenters. The first-order valence-corrected chi connectivity index (χ1v) is 6.53. The molecule has 110 valence electrons. The van der Waals surface area contributed by atoms with Gasteiger partial charge >= 0.3 is 0 Å². The number of nitrogens with zero attached hydrogens (tertiary/aromatic N) is 1. The van der Waals surface area contributed by atoms with Gasteiger partial charge in [-0.3, -0.25) is 9.78 Å². The Bertz CT molecular complexity index is 572. The Morgan fingerprint density at radius 2 is 1.95 bits per heavy atom. The van der Waals surface area contributed by atoms with E-state index in [0.29, 0.717) is 11.3 Å². The second-order valence-electron chi connectivity index (χ2n) is 4.49. The number of carbonyl (C=O) groups is 1. The van der Waals surface area contributed by atoms with E-state index in [0.717, 1.165) is 5.69 Å². The van der Waals surface area contributed by atoms with Crippen LogP contribution in [0.25, 0.3) is 0 Å². The summed E-state index contributed by atoms with van der Waals surface area (Å²) in [5.41, 5.74) is 1.92. The number of nitrogens with one attached hydrogen (secondary N) is 2. The number of hydrogen-bond donors (Lipinski definition) is 4. The van der Waals surface area contributed by atoms with E-state index in [9.17, 15) is 9.90 Å². The summed E-state index contributed by atoms with van der Waals surface area (Å²) in [6, 6.07) is 10.3. The average molecular weight is 287 g/mol. The number of anilines is 2. The zero-order valence-corrected chi connectivity index (χ0v) is 11.4. The number of aliphatic hydroxyl groups excluding tert-OH is 2. The van der Waals surface area contributed by atoms with Gasteiger partial charge < -0.3 is 20.8 Å². The summed E-state index contributed by atoms with van der Waals surface area (Å²) in [7, 11) is 0. The first-order valence-electron chi connectivity index (χ1n) is 6.53. The molecule has 6 heteroatoms. The lowest BCUT2D eigenvalue weighted by Gasteiger charge is -2.10. The molecule has 0 radical (unpaired) electrons. The molecule has 0 bridgehead atoms. The van der Waals surface area contributed by atoms with E-state index in [1.54, 1.807) is 48.8 Å². The first kappa shape index (κ1) is 15.0. The molecule has 1 amide bonds. The number of hydrogen-bond acceptors (Lipinski definition) is 5. The van der Waals surface area contributed by atoms with Crippen molar-refractivity contribution in [3.05, 3.63) is 54.4 Å². The van der Waals surface area contributed by atoms with Gasteiger partial charge in [0.05, 0.1) is 24.6 Å². The van der Waals surface area contributed by atoms with Crippen LogP contribution in [0.15, 0.2) is 48.8 Å². The molecule has 1 aromatic heterocycles. The van der Waals surface area contributed by atoms with Crippen molar-refractivity contribution in [2.24, 2.45) is 0 Å². The van der Waals surface area contributed by atoms with Crippen molar-refractivity contribution in [2.75, 3.05) is 23.8 Å². The van der Waals surface area contributed by atoms with Crippen molar-refractivity contribution in [3.8, 4) is 0 Å². The lowest BCUT2D eigenvalue weighted by Crippen LogP contribution is -2.22. The summed E-state index contributed by atoms with van der Waals surface area (Å²) in [6.07, 6.45) is 2.40. The van der Waals surface area contributed by atoms with Crippen LogP contribution in [0.4, 0.5) is 11.4 Å². The lowest BCUT2D eigenvalue weighted by molar-refractivity contribution is 0.102. The van der Waals surface area contributed by atoms with Crippen molar-refractivity contribution in [1.82, 2.24) is 4.98 Å². The molecule has 21 heavy (non-hydrogen) atoms. The van der Waals surface area contributed by atoms with E-state index < -0.39 is 6.10 Å². The standard InChI is InChI=1S/C15H17N3O3/c19-10-14(20)9-17-12-5-3-11(4-6-12)15(21)18-13-2-1-7-16-8-13/h1-8,14,17,19-20H,9-10H2,(H,18,21). The van der Waals surface area contributed by atoms with Crippen molar-refractivity contribution in [1.29, 1.82) is 0 Å². The fourth-order valence-electron chi connectivity index (χ4n) is 1.68. The van der Waals surface area contributed by atoms with Crippen LogP contribution in [0.2, 0.25) is 0 Å². The SMILES string of the molecule is O=C(Nc1cccnc1)c1ccc(NCC(O)CO)cc1. The van der Waals surface area contributed by atoms with Crippen LogP contribution in [0.5, 0.6) is 0 Å². The number of benzene rings is 1. The maximum atomic E-state index is 12.0. The second kappa shape index (κ2) is 7.37. The summed E-state index contributed by atoms with van der Waals surface area (Å²) >= 11 is 0. The highest BCUT2D eigenvalue weighted by atomic mass is 16.3. The molecule has 0 spiro atoms. The third-order valence-electron chi connectivity index (χ3n) is 2.82. The van der Waals surface area contributed by atoms with E-state index in [4.69, 9.17) is 5.11 Å². The zero-order valence-electron chi connectivity index (χ0n) is 11.4. The fourth-order valence-corrected chi connectivity index (χ4v) is 1.68. The molecule has 0 fully saturated rings. The van der Waals surface area contributed by atoms with Crippen LogP contribution < -0.4 is 10.6 Å². The summed E-state index contributed by atoms with van der Waals surface area (Å²) in [6.45, 7) is -0.0453. The zero-order chi connectivity index (χ0) is 15.1. The minimum Gasteiger partial charge on any atom is -0.394 e. The Balaban J connectivity index is 1.94. The minimum atomic E-state index is -0.807. The molecule has 2 aromatic rings. The molecular formula is C15H17N3O3. The van der Waals surface area contributed by atoms with Crippen molar-refractivity contribution in [3.63, 3.8) is 0 Å². The smallest absolute Gasteiger partial charge is 0.255 e. The molecule has 0 aliphatic carbocycles. The third kappa shape index (κ3) is 4.55. The predicted molar refractivity (Wildman–Crippen MR) is 80.2 cm³/mol. The van der Waals surface area contributed by atoms with Gasteiger partial charge in [0.15, 0.2) is 0 Å². The summed E-state index contributed by atoms with van der Waals surface area (Å²) in [5, 5.41) is 23.7. The van der Waals surface area contributed by atoms with Crippen LogP contribution in [0.3, 0.4) is 0 Å². The quantitative estimate of drug-likeness (QED) is 0.638. The van der Waals surface area contributed by atoms with Gasteiger partial charge in [0.1, 0.15) is 0 Å². The van der Waals surface area contributed by atoms with Gasteiger partial charge in [0.25, 0.3) is 5.91 Å². The monoisotopic (exact) mass is 287 g/mol. The van der Waals surface area contributed by atoms with Gasteiger partial charge in [-0.2, -0.15) is 0 Å². The Labute approximate surface area is 122 Å². The number of rotatable bonds is 6. The lowest BCUT2D eigenvalue weighted by atomic mass is 10.2. The maximum absolute atomic E-state index is 12.0. The van der Waals surface area contributed by atoms with E-state index in [1.807, 2.05) is 0 Å². The topological polar surface area (TPSA) is 94.5 Å². The highest BCUT2D eigenvalue weighted by molar-refractivity contribution is 6.04. The highest BCUT2D eigenvalue weighted by Crippen LogP contribution is 2.12. The van der Waals surface area contributed by atoms with E-state index >= 15 is 0 Å². The van der Waals surface area contributed by atoms with Gasteiger partial charge in [-0.1, -0.05) is 0 Å². The largest absolute Gasteiger partial charge is 0.394 e. The third-order valence-corrected chi connectivity index (χ3v) is 2.82. The van der Waals surface area contributed by atoms with Gasteiger partial charge in [-0.05, 0) is 36.4 Å². The average Bonchev–Trinajstić information content (AvgIpc) is 2.54. The molecule has 0 saturated carbocycles. The molecule has 2 rings (SSSR count). The van der Waals surface area contributed by atoms with Crippen LogP contribution >= 0.6 is 0 Å². The Kier molecular flexibility index (Phi) is 5.25. The number of aromatic nitrogens is 1. The van der Waals surface area contributed by atoms with Gasteiger partial charge in [0, 0.05) is 24.0 Å². The Hall–Kier alpha value is -2.44. The Morgan fingerprint density at radius 1 is 1.19 bits per heavy atom. The minimum absolute atomic E-state index is 0.218. The second-order valence-corrected chi connectivity index (χ2v) is 4.49. The maximum Gasteiger partial charge on any atom is 0.255 e. The van der Waals surface area contributed by atoms with E-state index in [-0.39, 0.29) is 19.1 Å². The van der Waals surface area contributed by atoms with Gasteiger partial charge in [-0.25, -0.2) is 0 Å². The van der Waals surface area contributed by atoms with Crippen LogP contribution in [0.1, 0.15) is 10.4 Å². The molecule has 1 heterocycles. The van der Waals surface area contributed by atoms with E-state index in [2.05, 4.69) is 15.6 Å². The molecule has 0 saturated heterocycles. The van der Waals surface area contributed by atoms with Crippen molar-refractivity contribution >= 4 is 17.3 Å². The molecule has 6 nitrogen and oxygen atoms in total. The molecular weight excluding hydrogens is 270 g/mol. The molecule has 0 aliphatic rings. The summed E-state index contributed by atoms with van der Waals surface area (Å²) in [4.78, 5) is 15.9.